The van der Waals surface area contributed by atoms with Gasteiger partial charge in [-0.25, -0.2) is 0 Å². The molecule has 0 heterocycles. The fourth-order valence-corrected chi connectivity index (χ4v) is 0.253. The summed E-state index contributed by atoms with van der Waals surface area (Å²) in [6.45, 7) is 0. The van der Waals surface area contributed by atoms with Crippen molar-refractivity contribution in [3.63, 3.8) is 0 Å². The molecule has 0 aliphatic carbocycles. The number of rotatable bonds is 2. The normalized spacial score (nSPS) is 12.2. The number of hydrogen-bond acceptors (Lipinski definition) is 4. The molecule has 0 aromatic rings. The van der Waals surface area contributed by atoms with Crippen LogP contribution in [0.15, 0.2) is 11.7 Å². The molecule has 0 atom stereocenters. The Morgan fingerprint density at radius 3 is 2.00 bits per heavy atom. The van der Waals surface area contributed by atoms with E-state index >= 15 is 0 Å². The largest absolute Gasteiger partial charge is 0.492 e. The zero-order valence-corrected chi connectivity index (χ0v) is 5.02. The summed E-state index contributed by atoms with van der Waals surface area (Å²) in [6, 6.07) is 0. The highest BCUT2D eigenvalue weighted by atomic mass is 16.3. The number of aliphatic hydroxyl groups is 1. The van der Waals surface area contributed by atoms with Crippen LogP contribution in [0, 0.1) is 0 Å². The lowest BCUT2D eigenvalue weighted by molar-refractivity contribution is 0.363. The third-order valence-corrected chi connectivity index (χ3v) is 0.761. The standard InChI is InChI=1S/C4H11N3O/c1-6-3(5)4(8)7-2/h6-8H,5H2,1-2H3/b4-3+. The van der Waals surface area contributed by atoms with Crippen LogP contribution in [0.4, 0.5) is 0 Å². The zero-order valence-electron chi connectivity index (χ0n) is 5.02. The summed E-state index contributed by atoms with van der Waals surface area (Å²) in [4.78, 5) is 0. The van der Waals surface area contributed by atoms with Gasteiger partial charge in [0, 0.05) is 14.1 Å². The molecule has 0 rings (SSSR count). The number of hydrogen-bond donors (Lipinski definition) is 4. The van der Waals surface area contributed by atoms with E-state index < -0.39 is 0 Å². The third-order valence-electron chi connectivity index (χ3n) is 0.761. The lowest BCUT2D eigenvalue weighted by Crippen LogP contribution is -2.22. The van der Waals surface area contributed by atoms with Crippen LogP contribution in [-0.4, -0.2) is 19.2 Å². The quantitative estimate of drug-likeness (QED) is 0.353. The van der Waals surface area contributed by atoms with Crippen LogP contribution in [0.1, 0.15) is 0 Å². The van der Waals surface area contributed by atoms with Crippen LogP contribution in [0.2, 0.25) is 0 Å². The lowest BCUT2D eigenvalue weighted by atomic mass is 10.7. The average Bonchev–Trinajstić information content (AvgIpc) is 1.84. The highest BCUT2D eigenvalue weighted by Crippen LogP contribution is 1.79. The van der Waals surface area contributed by atoms with Gasteiger partial charge in [-0.3, -0.25) is 0 Å². The molecule has 0 aliphatic rings. The van der Waals surface area contributed by atoms with Gasteiger partial charge in [0.15, 0.2) is 5.82 Å². The van der Waals surface area contributed by atoms with Crippen molar-refractivity contribution in [2.75, 3.05) is 14.1 Å². The predicted octanol–water partition coefficient (Wildman–Crippen LogP) is -0.931. The van der Waals surface area contributed by atoms with Crippen LogP contribution in [-0.2, 0) is 0 Å². The second-order valence-electron chi connectivity index (χ2n) is 1.26. The van der Waals surface area contributed by atoms with E-state index in [2.05, 4.69) is 10.6 Å². The van der Waals surface area contributed by atoms with Gasteiger partial charge in [-0.1, -0.05) is 0 Å². The maximum absolute atomic E-state index is 8.71. The van der Waals surface area contributed by atoms with Crippen LogP contribution < -0.4 is 16.4 Å². The minimum atomic E-state index is -0.0347. The third kappa shape index (κ3) is 1.59. The van der Waals surface area contributed by atoms with Crippen molar-refractivity contribution in [1.82, 2.24) is 10.6 Å². The highest BCUT2D eigenvalue weighted by Gasteiger charge is 1.91. The van der Waals surface area contributed by atoms with Gasteiger partial charge in [-0.15, -0.1) is 0 Å². The summed E-state index contributed by atoms with van der Waals surface area (Å²) in [5.74, 6) is 0.208. The summed E-state index contributed by atoms with van der Waals surface area (Å²) in [5, 5.41) is 13.7. The van der Waals surface area contributed by atoms with Gasteiger partial charge in [0.1, 0.15) is 0 Å². The van der Waals surface area contributed by atoms with Crippen LogP contribution >= 0.6 is 0 Å². The summed E-state index contributed by atoms with van der Waals surface area (Å²) < 4.78 is 0. The minimum Gasteiger partial charge on any atom is -0.492 e. The Morgan fingerprint density at radius 1 is 1.38 bits per heavy atom. The predicted molar refractivity (Wildman–Crippen MR) is 32.0 cm³/mol. The Morgan fingerprint density at radius 2 is 1.88 bits per heavy atom. The van der Waals surface area contributed by atoms with E-state index in [9.17, 15) is 0 Å². The summed E-state index contributed by atoms with van der Waals surface area (Å²) in [5.41, 5.74) is 5.18. The molecule has 5 N–H and O–H groups in total. The van der Waals surface area contributed by atoms with E-state index in [4.69, 9.17) is 10.8 Å². The SMILES string of the molecule is CN/C(N)=C(/O)NC. The fourth-order valence-electron chi connectivity index (χ4n) is 0.253. The molecule has 48 valence electrons. The molecule has 4 heteroatoms. The topological polar surface area (TPSA) is 70.3 Å². The summed E-state index contributed by atoms with van der Waals surface area (Å²) in [7, 11) is 3.21. The first kappa shape index (κ1) is 6.94. The van der Waals surface area contributed by atoms with Crippen LogP contribution in [0.3, 0.4) is 0 Å². The molecule has 0 radical (unpaired) electrons. The lowest BCUT2D eigenvalue weighted by Gasteiger charge is -2.01. The van der Waals surface area contributed by atoms with E-state index in [0.29, 0.717) is 0 Å². The molecule has 0 aliphatic heterocycles. The number of nitrogens with one attached hydrogen (secondary N) is 2. The Labute approximate surface area is 48.4 Å². The molecule has 8 heavy (non-hydrogen) atoms. The fraction of sp³-hybridized carbons (Fsp3) is 0.500. The molecule has 0 saturated carbocycles. The molecule has 0 aromatic carbocycles. The molecule has 4 nitrogen and oxygen atoms in total. The Bertz CT molecular complexity index is 87.5. The van der Waals surface area contributed by atoms with Crippen molar-refractivity contribution < 1.29 is 5.11 Å². The van der Waals surface area contributed by atoms with E-state index in [-0.39, 0.29) is 11.7 Å². The van der Waals surface area contributed by atoms with Gasteiger partial charge in [0.2, 0.25) is 5.88 Å². The summed E-state index contributed by atoms with van der Waals surface area (Å²) >= 11 is 0. The number of nitrogens with two attached hydrogens (primary N) is 1. The van der Waals surface area contributed by atoms with Gasteiger partial charge in [0.05, 0.1) is 0 Å². The molecule has 0 fully saturated rings. The Balaban J connectivity index is 3.83. The highest BCUT2D eigenvalue weighted by molar-refractivity contribution is 4.96. The van der Waals surface area contributed by atoms with Crippen molar-refractivity contribution in [2.24, 2.45) is 5.73 Å². The van der Waals surface area contributed by atoms with Crippen LogP contribution in [0.5, 0.6) is 0 Å². The van der Waals surface area contributed by atoms with Crippen molar-refractivity contribution >= 4 is 0 Å². The van der Waals surface area contributed by atoms with Gasteiger partial charge >= 0.3 is 0 Å². The van der Waals surface area contributed by atoms with Crippen LogP contribution in [0.25, 0.3) is 0 Å². The zero-order chi connectivity index (χ0) is 6.57. The average molecular weight is 117 g/mol. The maximum atomic E-state index is 8.71. The number of aliphatic hydroxyl groups excluding tert-OH is 1. The minimum absolute atomic E-state index is 0.0347. The smallest absolute Gasteiger partial charge is 0.225 e. The Kier molecular flexibility index (Phi) is 2.61. The van der Waals surface area contributed by atoms with Gasteiger partial charge in [-0.05, 0) is 0 Å². The second kappa shape index (κ2) is 3.01. The molecule has 0 aromatic heterocycles. The van der Waals surface area contributed by atoms with Crippen molar-refractivity contribution in [2.45, 2.75) is 0 Å². The molecule has 0 saturated heterocycles. The molecular weight excluding hydrogens is 106 g/mol. The van der Waals surface area contributed by atoms with Crippen molar-refractivity contribution in [3.8, 4) is 0 Å². The molecule has 0 bridgehead atoms. The first-order valence-electron chi connectivity index (χ1n) is 2.26. The second-order valence-corrected chi connectivity index (χ2v) is 1.26. The molecule has 0 spiro atoms. The van der Waals surface area contributed by atoms with Crippen molar-refractivity contribution in [1.29, 1.82) is 0 Å². The van der Waals surface area contributed by atoms with E-state index in [1.165, 1.54) is 0 Å². The van der Waals surface area contributed by atoms with Gasteiger partial charge in [0.25, 0.3) is 0 Å². The van der Waals surface area contributed by atoms with Gasteiger partial charge in [-0.2, -0.15) is 0 Å². The first-order valence-corrected chi connectivity index (χ1v) is 2.26. The van der Waals surface area contributed by atoms with Crippen molar-refractivity contribution in [3.05, 3.63) is 11.7 Å². The maximum Gasteiger partial charge on any atom is 0.225 e. The summed E-state index contributed by atoms with van der Waals surface area (Å²) in [6.07, 6.45) is 0. The molecular formula is C4H11N3O. The molecule has 0 amide bonds. The Hall–Kier alpha value is -1.06. The molecule has 0 unspecified atom stereocenters. The van der Waals surface area contributed by atoms with E-state index in [1.54, 1.807) is 14.1 Å². The first-order chi connectivity index (χ1) is 3.72. The monoisotopic (exact) mass is 117 g/mol. The van der Waals surface area contributed by atoms with E-state index in [0.717, 1.165) is 0 Å². The van der Waals surface area contributed by atoms with Gasteiger partial charge < -0.3 is 21.5 Å². The van der Waals surface area contributed by atoms with E-state index in [1.807, 2.05) is 0 Å².